The van der Waals surface area contributed by atoms with E-state index in [0.717, 1.165) is 18.4 Å². The minimum absolute atomic E-state index is 0.0483. The number of nitrogens with one attached hydrogen (secondary N) is 1. The molecule has 0 saturated carbocycles. The van der Waals surface area contributed by atoms with Crippen LogP contribution in [-0.4, -0.2) is 30.3 Å². The zero-order valence-corrected chi connectivity index (χ0v) is 14.6. The van der Waals surface area contributed by atoms with Crippen molar-refractivity contribution in [1.82, 2.24) is 10.2 Å². The fourth-order valence-corrected chi connectivity index (χ4v) is 3.44. The van der Waals surface area contributed by atoms with Crippen LogP contribution in [0.4, 0.5) is 0 Å². The van der Waals surface area contributed by atoms with Gasteiger partial charge in [-0.2, -0.15) is 0 Å². The van der Waals surface area contributed by atoms with Gasteiger partial charge in [0.15, 0.2) is 0 Å². The van der Waals surface area contributed by atoms with E-state index < -0.39 is 0 Å². The van der Waals surface area contributed by atoms with Crippen LogP contribution in [0.2, 0.25) is 0 Å². The monoisotopic (exact) mass is 336 g/mol. The molecule has 4 nitrogen and oxygen atoms in total. The molecule has 0 bridgehead atoms. The Balaban J connectivity index is 1.46. The van der Waals surface area contributed by atoms with Crippen LogP contribution in [0.15, 0.2) is 54.6 Å². The predicted octanol–water partition coefficient (Wildman–Crippen LogP) is 2.88. The maximum absolute atomic E-state index is 12.5. The van der Waals surface area contributed by atoms with Gasteiger partial charge < -0.3 is 10.2 Å². The lowest BCUT2D eigenvalue weighted by Gasteiger charge is -2.25. The van der Waals surface area contributed by atoms with Gasteiger partial charge in [0, 0.05) is 20.0 Å². The highest BCUT2D eigenvalue weighted by atomic mass is 16.2. The molecule has 0 spiro atoms. The summed E-state index contributed by atoms with van der Waals surface area (Å²) in [6, 6.07) is 18.1. The first-order valence-electron chi connectivity index (χ1n) is 8.79. The number of benzene rings is 2. The lowest BCUT2D eigenvalue weighted by Crippen LogP contribution is -2.34. The van der Waals surface area contributed by atoms with Crippen LogP contribution in [0.1, 0.15) is 35.6 Å². The largest absolute Gasteiger partial charge is 0.355 e. The van der Waals surface area contributed by atoms with E-state index in [4.69, 9.17) is 0 Å². The van der Waals surface area contributed by atoms with Crippen LogP contribution >= 0.6 is 0 Å². The molecule has 0 saturated heterocycles. The number of hydrogen-bond donors (Lipinski definition) is 1. The maximum atomic E-state index is 12.5. The molecule has 0 radical (unpaired) electrons. The SMILES string of the molecule is CN(C(=O)CCNC(=O)Cc1ccccc1)C1CCc2ccccc21. The van der Waals surface area contributed by atoms with Gasteiger partial charge in [-0.1, -0.05) is 54.6 Å². The average molecular weight is 336 g/mol. The zero-order chi connectivity index (χ0) is 17.6. The van der Waals surface area contributed by atoms with Crippen molar-refractivity contribution in [3.8, 4) is 0 Å². The van der Waals surface area contributed by atoms with Gasteiger partial charge in [0.1, 0.15) is 0 Å². The van der Waals surface area contributed by atoms with Gasteiger partial charge in [-0.15, -0.1) is 0 Å². The van der Waals surface area contributed by atoms with Crippen LogP contribution in [0.25, 0.3) is 0 Å². The molecule has 2 aromatic carbocycles. The first-order valence-corrected chi connectivity index (χ1v) is 8.79. The van der Waals surface area contributed by atoms with E-state index in [1.54, 1.807) is 0 Å². The van der Waals surface area contributed by atoms with Crippen molar-refractivity contribution in [3.63, 3.8) is 0 Å². The summed E-state index contributed by atoms with van der Waals surface area (Å²) >= 11 is 0. The van der Waals surface area contributed by atoms with E-state index in [9.17, 15) is 9.59 Å². The fraction of sp³-hybridized carbons (Fsp3) is 0.333. The number of carbonyl (C=O) groups is 2. The summed E-state index contributed by atoms with van der Waals surface area (Å²) in [5, 5.41) is 2.84. The zero-order valence-electron chi connectivity index (χ0n) is 14.6. The summed E-state index contributed by atoms with van der Waals surface area (Å²) in [7, 11) is 1.86. The average Bonchev–Trinajstić information content (AvgIpc) is 3.06. The van der Waals surface area contributed by atoms with E-state index in [-0.39, 0.29) is 17.9 Å². The molecule has 25 heavy (non-hydrogen) atoms. The van der Waals surface area contributed by atoms with Crippen LogP contribution in [-0.2, 0) is 22.4 Å². The van der Waals surface area contributed by atoms with Crippen LogP contribution in [0.3, 0.4) is 0 Å². The van der Waals surface area contributed by atoms with E-state index in [1.807, 2.05) is 54.4 Å². The number of hydrogen-bond acceptors (Lipinski definition) is 2. The highest BCUT2D eigenvalue weighted by molar-refractivity contribution is 5.80. The van der Waals surface area contributed by atoms with Gasteiger partial charge in [-0.3, -0.25) is 9.59 Å². The molecule has 1 atom stereocenters. The third-order valence-electron chi connectivity index (χ3n) is 4.83. The molecule has 0 aromatic heterocycles. The number of carbonyl (C=O) groups excluding carboxylic acids is 2. The van der Waals surface area contributed by atoms with Gasteiger partial charge >= 0.3 is 0 Å². The Morgan fingerprint density at radius 1 is 1.08 bits per heavy atom. The van der Waals surface area contributed by atoms with Crippen molar-refractivity contribution >= 4 is 11.8 Å². The van der Waals surface area contributed by atoms with E-state index in [1.165, 1.54) is 11.1 Å². The molecule has 4 heteroatoms. The second-order valence-electron chi connectivity index (χ2n) is 6.52. The molecular weight excluding hydrogens is 312 g/mol. The van der Waals surface area contributed by atoms with Gasteiger partial charge in [0.25, 0.3) is 0 Å². The van der Waals surface area contributed by atoms with Crippen LogP contribution in [0.5, 0.6) is 0 Å². The molecule has 0 aliphatic heterocycles. The maximum Gasteiger partial charge on any atom is 0.224 e. The van der Waals surface area contributed by atoms with Crippen molar-refractivity contribution < 1.29 is 9.59 Å². The van der Waals surface area contributed by atoms with Crippen molar-refractivity contribution in [2.75, 3.05) is 13.6 Å². The van der Waals surface area contributed by atoms with E-state index in [0.29, 0.717) is 19.4 Å². The number of amides is 2. The second-order valence-corrected chi connectivity index (χ2v) is 6.52. The van der Waals surface area contributed by atoms with Crippen LogP contribution in [0, 0.1) is 0 Å². The molecule has 1 aliphatic carbocycles. The number of nitrogens with zero attached hydrogens (tertiary/aromatic N) is 1. The molecule has 0 fully saturated rings. The van der Waals surface area contributed by atoms with Gasteiger partial charge in [0.05, 0.1) is 12.5 Å². The number of rotatable bonds is 6. The molecule has 130 valence electrons. The fourth-order valence-electron chi connectivity index (χ4n) is 3.44. The highest BCUT2D eigenvalue weighted by Crippen LogP contribution is 2.34. The summed E-state index contributed by atoms with van der Waals surface area (Å²) in [5.74, 6) is 0.0228. The van der Waals surface area contributed by atoms with Crippen molar-refractivity contribution in [2.24, 2.45) is 0 Å². The number of fused-ring (bicyclic) bond motifs is 1. The number of aryl methyl sites for hydroxylation is 1. The minimum atomic E-state index is -0.0483. The smallest absolute Gasteiger partial charge is 0.224 e. The summed E-state index contributed by atoms with van der Waals surface area (Å²) in [6.07, 6.45) is 2.67. The lowest BCUT2D eigenvalue weighted by atomic mass is 10.1. The van der Waals surface area contributed by atoms with Crippen molar-refractivity contribution in [2.45, 2.75) is 31.7 Å². The Morgan fingerprint density at radius 3 is 2.60 bits per heavy atom. The molecule has 2 aromatic rings. The van der Waals surface area contributed by atoms with Crippen molar-refractivity contribution in [3.05, 3.63) is 71.3 Å². The van der Waals surface area contributed by atoms with Gasteiger partial charge in [0.2, 0.25) is 11.8 Å². The first-order chi connectivity index (χ1) is 12.1. The lowest BCUT2D eigenvalue weighted by molar-refractivity contribution is -0.132. The normalized spacial score (nSPS) is 15.5. The van der Waals surface area contributed by atoms with Gasteiger partial charge in [-0.05, 0) is 29.5 Å². The molecule has 0 heterocycles. The quantitative estimate of drug-likeness (QED) is 0.882. The van der Waals surface area contributed by atoms with Gasteiger partial charge in [-0.25, -0.2) is 0 Å². The molecule has 1 N–H and O–H groups in total. The third kappa shape index (κ3) is 4.27. The Morgan fingerprint density at radius 2 is 1.80 bits per heavy atom. The Labute approximate surface area is 148 Å². The second kappa shape index (κ2) is 7.97. The van der Waals surface area contributed by atoms with Crippen molar-refractivity contribution in [1.29, 1.82) is 0 Å². The Kier molecular flexibility index (Phi) is 5.49. The standard InChI is InChI=1S/C21H24N2O2/c1-23(19-12-11-17-9-5-6-10-18(17)19)21(25)13-14-22-20(24)15-16-7-3-2-4-8-16/h2-10,19H,11-15H2,1H3,(H,22,24). The molecule has 3 rings (SSSR count). The summed E-state index contributed by atoms with van der Waals surface area (Å²) < 4.78 is 0. The Bertz CT molecular complexity index is 743. The summed E-state index contributed by atoms with van der Waals surface area (Å²) in [6.45, 7) is 0.378. The summed E-state index contributed by atoms with van der Waals surface area (Å²) in [4.78, 5) is 26.2. The predicted molar refractivity (Wildman–Crippen MR) is 98.0 cm³/mol. The third-order valence-corrected chi connectivity index (χ3v) is 4.83. The van der Waals surface area contributed by atoms with E-state index in [2.05, 4.69) is 17.4 Å². The molecular formula is C21H24N2O2. The Hall–Kier alpha value is -2.62. The molecule has 2 amide bonds. The molecule has 1 aliphatic rings. The van der Waals surface area contributed by atoms with E-state index >= 15 is 0 Å². The van der Waals surface area contributed by atoms with Crippen LogP contribution < -0.4 is 5.32 Å². The molecule has 1 unspecified atom stereocenters. The summed E-state index contributed by atoms with van der Waals surface area (Å²) in [5.41, 5.74) is 3.57. The minimum Gasteiger partial charge on any atom is -0.355 e. The topological polar surface area (TPSA) is 49.4 Å². The highest BCUT2D eigenvalue weighted by Gasteiger charge is 2.27. The first kappa shape index (κ1) is 17.2.